The van der Waals surface area contributed by atoms with Gasteiger partial charge in [0.25, 0.3) is 0 Å². The fourth-order valence-electron chi connectivity index (χ4n) is 2.50. The molecule has 0 atom stereocenters. The second-order valence-electron chi connectivity index (χ2n) is 5.65. The smallest absolute Gasteiger partial charge is 0.116 e. The predicted molar refractivity (Wildman–Crippen MR) is 86.9 cm³/mol. The molecule has 0 spiro atoms. The van der Waals surface area contributed by atoms with E-state index in [1.54, 1.807) is 29.9 Å². The summed E-state index contributed by atoms with van der Waals surface area (Å²) in [5.41, 5.74) is 3.29. The van der Waals surface area contributed by atoms with Crippen molar-refractivity contribution in [1.29, 1.82) is 0 Å². The molecule has 0 aromatic carbocycles. The van der Waals surface area contributed by atoms with Gasteiger partial charge in [-0.3, -0.25) is 14.9 Å². The molecule has 4 nitrogen and oxygen atoms in total. The minimum Gasteiger partial charge on any atom is -0.295 e. The number of thiazole rings is 1. The summed E-state index contributed by atoms with van der Waals surface area (Å²) in [5, 5.41) is 1.08. The molecule has 3 heterocycles. The van der Waals surface area contributed by atoms with Gasteiger partial charge in [-0.1, -0.05) is 0 Å². The van der Waals surface area contributed by atoms with E-state index < -0.39 is 0 Å². The number of nitrogens with zero attached hydrogens (tertiary/aromatic N) is 4. The Kier molecular flexibility index (Phi) is 4.12. The maximum atomic E-state index is 4.78. The molecular weight excluding hydrogens is 280 g/mol. The Balaban J connectivity index is 1.83. The van der Waals surface area contributed by atoms with Gasteiger partial charge >= 0.3 is 0 Å². The zero-order valence-electron chi connectivity index (χ0n) is 12.7. The highest BCUT2D eigenvalue weighted by Crippen LogP contribution is 2.28. The third-order valence-electron chi connectivity index (χ3n) is 3.81. The van der Waals surface area contributed by atoms with E-state index in [1.807, 2.05) is 0 Å². The van der Waals surface area contributed by atoms with Crippen molar-refractivity contribution < 1.29 is 0 Å². The highest BCUT2D eigenvalue weighted by molar-refractivity contribution is 7.12. The molecular formula is C16H20N4S. The molecule has 0 fully saturated rings. The molecule has 0 aliphatic carbocycles. The number of hydrogen-bond donors (Lipinski definition) is 0. The monoisotopic (exact) mass is 300 g/mol. The number of aromatic nitrogens is 3. The van der Waals surface area contributed by atoms with Crippen molar-refractivity contribution in [2.75, 3.05) is 6.54 Å². The van der Waals surface area contributed by atoms with Crippen molar-refractivity contribution in [3.63, 3.8) is 0 Å². The number of hydrogen-bond acceptors (Lipinski definition) is 5. The first-order valence-electron chi connectivity index (χ1n) is 7.31. The van der Waals surface area contributed by atoms with Crippen LogP contribution in [0.4, 0.5) is 0 Å². The molecule has 21 heavy (non-hydrogen) atoms. The molecule has 0 unspecified atom stereocenters. The first-order chi connectivity index (χ1) is 10.1. The fourth-order valence-corrected chi connectivity index (χ4v) is 3.64. The Morgan fingerprint density at radius 3 is 2.95 bits per heavy atom. The summed E-state index contributed by atoms with van der Waals surface area (Å²) in [4.78, 5) is 17.1. The minimum atomic E-state index is 0.598. The maximum absolute atomic E-state index is 4.78. The predicted octanol–water partition coefficient (Wildman–Crippen LogP) is 3.26. The van der Waals surface area contributed by atoms with Crippen LogP contribution in [0, 0.1) is 0 Å². The molecule has 3 rings (SSSR count). The van der Waals surface area contributed by atoms with Gasteiger partial charge in [-0.2, -0.15) is 0 Å². The lowest BCUT2D eigenvalue weighted by Gasteiger charge is -2.29. The first kappa shape index (κ1) is 14.4. The van der Waals surface area contributed by atoms with Gasteiger partial charge in [0.05, 0.1) is 17.6 Å². The average molecular weight is 300 g/mol. The molecule has 2 aromatic heterocycles. The lowest BCUT2D eigenvalue weighted by Crippen LogP contribution is -2.35. The van der Waals surface area contributed by atoms with Crippen molar-refractivity contribution in [3.05, 3.63) is 39.9 Å². The molecule has 2 aromatic rings. The second-order valence-corrected chi connectivity index (χ2v) is 6.77. The lowest BCUT2D eigenvalue weighted by molar-refractivity contribution is 0.205. The molecule has 0 bridgehead atoms. The quantitative estimate of drug-likeness (QED) is 0.872. The highest BCUT2D eigenvalue weighted by atomic mass is 32.1. The molecule has 0 N–H and O–H groups in total. The molecule has 0 saturated carbocycles. The van der Waals surface area contributed by atoms with Crippen LogP contribution in [0.15, 0.2) is 18.6 Å². The van der Waals surface area contributed by atoms with Gasteiger partial charge in [-0.05, 0) is 32.4 Å². The van der Waals surface area contributed by atoms with E-state index in [0.29, 0.717) is 6.04 Å². The van der Waals surface area contributed by atoms with E-state index in [2.05, 4.69) is 41.7 Å². The topological polar surface area (TPSA) is 41.9 Å². The Hall–Kier alpha value is -1.59. The summed E-state index contributed by atoms with van der Waals surface area (Å²) in [6.07, 6.45) is 8.38. The van der Waals surface area contributed by atoms with Gasteiger partial charge in [-0.15, -0.1) is 11.3 Å². The van der Waals surface area contributed by atoms with Crippen LogP contribution in [0.25, 0.3) is 11.6 Å². The third kappa shape index (κ3) is 3.19. The maximum Gasteiger partial charge on any atom is 0.116 e. The minimum absolute atomic E-state index is 0.598. The first-order valence-corrected chi connectivity index (χ1v) is 8.12. The van der Waals surface area contributed by atoms with E-state index in [0.717, 1.165) is 35.8 Å². The van der Waals surface area contributed by atoms with Gasteiger partial charge < -0.3 is 0 Å². The van der Waals surface area contributed by atoms with Crippen molar-refractivity contribution in [2.45, 2.75) is 39.8 Å². The third-order valence-corrected chi connectivity index (χ3v) is 4.84. The van der Waals surface area contributed by atoms with Crippen LogP contribution in [0.3, 0.4) is 0 Å². The standard InChI is InChI=1S/C16H20N4S/c1-11(2)20-7-4-13-15(10-20)21-16(19-13)8-12(3)14-9-17-5-6-18-14/h5-6,8-9,11H,4,7,10H2,1-3H3/b12-8+. The summed E-state index contributed by atoms with van der Waals surface area (Å²) in [6.45, 7) is 8.71. The van der Waals surface area contributed by atoms with Gasteiger partial charge in [0, 0.05) is 42.8 Å². The van der Waals surface area contributed by atoms with Crippen LogP contribution in [-0.4, -0.2) is 32.4 Å². The van der Waals surface area contributed by atoms with Crippen LogP contribution >= 0.6 is 11.3 Å². The summed E-state index contributed by atoms with van der Waals surface area (Å²) in [7, 11) is 0. The van der Waals surface area contributed by atoms with Crippen LogP contribution in [0.5, 0.6) is 0 Å². The molecule has 0 saturated heterocycles. The molecule has 5 heteroatoms. The van der Waals surface area contributed by atoms with Crippen LogP contribution in [0.2, 0.25) is 0 Å². The van der Waals surface area contributed by atoms with Gasteiger partial charge in [0.15, 0.2) is 0 Å². The molecule has 0 amide bonds. The zero-order chi connectivity index (χ0) is 14.8. The molecule has 0 radical (unpaired) electrons. The highest BCUT2D eigenvalue weighted by Gasteiger charge is 2.21. The SMILES string of the molecule is C/C(=C\c1nc2c(s1)CN(C(C)C)CC2)c1cnccn1. The average Bonchev–Trinajstić information content (AvgIpc) is 2.89. The van der Waals surface area contributed by atoms with Crippen LogP contribution < -0.4 is 0 Å². The Morgan fingerprint density at radius 1 is 1.38 bits per heavy atom. The number of fused-ring (bicyclic) bond motifs is 1. The second kappa shape index (κ2) is 6.03. The summed E-state index contributed by atoms with van der Waals surface area (Å²) < 4.78 is 0. The fraction of sp³-hybridized carbons (Fsp3) is 0.438. The summed E-state index contributed by atoms with van der Waals surface area (Å²) >= 11 is 1.80. The summed E-state index contributed by atoms with van der Waals surface area (Å²) in [6, 6.07) is 0.598. The van der Waals surface area contributed by atoms with Gasteiger partial charge in [0.2, 0.25) is 0 Å². The molecule has 1 aliphatic heterocycles. The van der Waals surface area contributed by atoms with E-state index in [1.165, 1.54) is 10.6 Å². The largest absolute Gasteiger partial charge is 0.295 e. The molecule has 1 aliphatic rings. The van der Waals surface area contributed by atoms with Crippen molar-refractivity contribution in [2.24, 2.45) is 0 Å². The molecule has 110 valence electrons. The summed E-state index contributed by atoms with van der Waals surface area (Å²) in [5.74, 6) is 0. The number of allylic oxidation sites excluding steroid dienone is 1. The van der Waals surface area contributed by atoms with Crippen molar-refractivity contribution in [3.8, 4) is 0 Å². The van der Waals surface area contributed by atoms with Gasteiger partial charge in [0.1, 0.15) is 5.01 Å². The lowest BCUT2D eigenvalue weighted by atomic mass is 10.1. The van der Waals surface area contributed by atoms with E-state index in [-0.39, 0.29) is 0 Å². The Bertz CT molecular complexity index is 646. The Morgan fingerprint density at radius 2 is 2.24 bits per heavy atom. The van der Waals surface area contributed by atoms with Crippen LogP contribution in [0.1, 0.15) is 42.0 Å². The van der Waals surface area contributed by atoms with E-state index >= 15 is 0 Å². The van der Waals surface area contributed by atoms with Crippen molar-refractivity contribution >= 4 is 23.0 Å². The van der Waals surface area contributed by atoms with E-state index in [9.17, 15) is 0 Å². The van der Waals surface area contributed by atoms with Crippen LogP contribution in [-0.2, 0) is 13.0 Å². The van der Waals surface area contributed by atoms with Gasteiger partial charge in [-0.25, -0.2) is 4.98 Å². The zero-order valence-corrected chi connectivity index (χ0v) is 13.5. The van der Waals surface area contributed by atoms with E-state index in [4.69, 9.17) is 4.98 Å². The van der Waals surface area contributed by atoms with Crippen molar-refractivity contribution in [1.82, 2.24) is 19.9 Å². The number of rotatable bonds is 3. The normalized spacial score (nSPS) is 16.3. The Labute approximate surface area is 129 Å².